The molecular weight excluding hydrogens is 124 g/mol. The Morgan fingerprint density at radius 1 is 1.70 bits per heavy atom. The van der Waals surface area contributed by atoms with E-state index in [9.17, 15) is 0 Å². The van der Waals surface area contributed by atoms with Gasteiger partial charge in [-0.25, -0.2) is 0 Å². The Kier molecular flexibility index (Phi) is 3.47. The standard InChI is InChI=1S/C8H15N2/c1-2-6-10-7-3-4-9-5-8-10/h2,8-9H,1,3-7H2. The second kappa shape index (κ2) is 4.47. The quantitative estimate of drug-likeness (QED) is 0.564. The Bertz CT molecular complexity index is 93.4. The molecule has 57 valence electrons. The SMILES string of the molecule is C=CCN1[CH]CNCCC1. The van der Waals surface area contributed by atoms with Crippen LogP contribution in [-0.4, -0.2) is 31.1 Å². The van der Waals surface area contributed by atoms with Crippen LogP contribution in [0.4, 0.5) is 0 Å². The fraction of sp³-hybridized carbons (Fsp3) is 0.625. The second-order valence-corrected chi connectivity index (χ2v) is 2.52. The maximum Gasteiger partial charge on any atom is 0.0392 e. The third kappa shape index (κ3) is 2.50. The zero-order chi connectivity index (χ0) is 7.23. The molecule has 0 unspecified atom stereocenters. The first-order chi connectivity index (χ1) is 4.93. The highest BCUT2D eigenvalue weighted by atomic mass is 15.1. The van der Waals surface area contributed by atoms with Crippen molar-refractivity contribution in [3.05, 3.63) is 19.2 Å². The van der Waals surface area contributed by atoms with E-state index < -0.39 is 0 Å². The molecule has 1 aliphatic rings. The molecule has 2 heteroatoms. The Morgan fingerprint density at radius 3 is 3.40 bits per heavy atom. The molecular formula is C8H15N2. The maximum atomic E-state index is 3.70. The fourth-order valence-corrected chi connectivity index (χ4v) is 1.13. The second-order valence-electron chi connectivity index (χ2n) is 2.52. The molecule has 0 amide bonds. The summed E-state index contributed by atoms with van der Waals surface area (Å²) in [4.78, 5) is 2.30. The molecule has 0 aromatic heterocycles. The molecule has 0 bridgehead atoms. The van der Waals surface area contributed by atoms with Crippen molar-refractivity contribution in [1.82, 2.24) is 10.2 Å². The topological polar surface area (TPSA) is 15.3 Å². The van der Waals surface area contributed by atoms with Crippen LogP contribution in [0.15, 0.2) is 12.7 Å². The van der Waals surface area contributed by atoms with Gasteiger partial charge in [-0.05, 0) is 13.0 Å². The Morgan fingerprint density at radius 2 is 2.60 bits per heavy atom. The van der Waals surface area contributed by atoms with Crippen LogP contribution in [0.25, 0.3) is 0 Å². The first kappa shape index (κ1) is 7.76. The van der Waals surface area contributed by atoms with Crippen LogP contribution in [0.5, 0.6) is 0 Å². The molecule has 0 spiro atoms. The molecule has 1 aliphatic heterocycles. The van der Waals surface area contributed by atoms with Gasteiger partial charge in [0.05, 0.1) is 0 Å². The van der Waals surface area contributed by atoms with Gasteiger partial charge >= 0.3 is 0 Å². The summed E-state index contributed by atoms with van der Waals surface area (Å²) in [6.07, 6.45) is 3.19. The minimum Gasteiger partial charge on any atom is -0.315 e. The van der Waals surface area contributed by atoms with Crippen molar-refractivity contribution < 1.29 is 0 Å². The number of hydrogen-bond acceptors (Lipinski definition) is 2. The third-order valence-corrected chi connectivity index (χ3v) is 1.66. The Labute approximate surface area is 62.9 Å². The molecule has 0 atom stereocenters. The lowest BCUT2D eigenvalue weighted by molar-refractivity contribution is 0.379. The summed E-state index contributed by atoms with van der Waals surface area (Å²) in [5.74, 6) is 0. The molecule has 1 saturated heterocycles. The normalized spacial score (nSPS) is 22.0. The monoisotopic (exact) mass is 139 g/mol. The first-order valence-electron chi connectivity index (χ1n) is 3.82. The van der Waals surface area contributed by atoms with E-state index in [-0.39, 0.29) is 0 Å². The molecule has 0 aromatic rings. The lowest BCUT2D eigenvalue weighted by Crippen LogP contribution is -2.22. The van der Waals surface area contributed by atoms with E-state index in [0.717, 1.165) is 19.6 Å². The first-order valence-corrected chi connectivity index (χ1v) is 3.82. The summed E-state index contributed by atoms with van der Waals surface area (Å²) in [6.45, 7) is 10.2. The highest BCUT2D eigenvalue weighted by molar-refractivity contribution is 4.81. The third-order valence-electron chi connectivity index (χ3n) is 1.66. The Balaban J connectivity index is 2.21. The van der Waals surface area contributed by atoms with Crippen LogP contribution >= 0.6 is 0 Å². The average Bonchev–Trinajstić information content (AvgIpc) is 2.17. The van der Waals surface area contributed by atoms with E-state index in [1.807, 2.05) is 6.08 Å². The smallest absolute Gasteiger partial charge is 0.0392 e. The maximum absolute atomic E-state index is 3.70. The van der Waals surface area contributed by atoms with Gasteiger partial charge in [0.1, 0.15) is 0 Å². The van der Waals surface area contributed by atoms with Crippen LogP contribution in [0.1, 0.15) is 6.42 Å². The number of rotatable bonds is 2. The van der Waals surface area contributed by atoms with Gasteiger partial charge in [-0.15, -0.1) is 6.58 Å². The fourth-order valence-electron chi connectivity index (χ4n) is 1.13. The van der Waals surface area contributed by atoms with Gasteiger partial charge in [-0.2, -0.15) is 0 Å². The summed E-state index contributed by atoms with van der Waals surface area (Å²) in [6, 6.07) is 0. The molecule has 0 saturated carbocycles. The molecule has 0 aliphatic carbocycles. The number of nitrogens with zero attached hydrogens (tertiary/aromatic N) is 1. The van der Waals surface area contributed by atoms with Crippen molar-refractivity contribution in [2.75, 3.05) is 26.2 Å². The van der Waals surface area contributed by atoms with Crippen molar-refractivity contribution in [1.29, 1.82) is 0 Å². The highest BCUT2D eigenvalue weighted by Gasteiger charge is 2.05. The molecule has 1 rings (SSSR count). The summed E-state index contributed by atoms with van der Waals surface area (Å²) >= 11 is 0. The van der Waals surface area contributed by atoms with Crippen molar-refractivity contribution in [2.45, 2.75) is 6.42 Å². The minimum atomic E-state index is 0.988. The highest BCUT2D eigenvalue weighted by Crippen LogP contribution is 1.97. The van der Waals surface area contributed by atoms with Gasteiger partial charge in [0.15, 0.2) is 0 Å². The summed E-state index contributed by atoms with van der Waals surface area (Å²) < 4.78 is 0. The lowest BCUT2D eigenvalue weighted by atomic mass is 10.4. The van der Waals surface area contributed by atoms with Crippen LogP contribution in [-0.2, 0) is 0 Å². The van der Waals surface area contributed by atoms with Crippen molar-refractivity contribution >= 4 is 0 Å². The van der Waals surface area contributed by atoms with Crippen LogP contribution in [0.2, 0.25) is 0 Å². The van der Waals surface area contributed by atoms with Gasteiger partial charge < -0.3 is 5.32 Å². The van der Waals surface area contributed by atoms with E-state index >= 15 is 0 Å². The van der Waals surface area contributed by atoms with Gasteiger partial charge in [0.2, 0.25) is 0 Å². The van der Waals surface area contributed by atoms with Gasteiger partial charge in [0.25, 0.3) is 0 Å². The summed E-state index contributed by atoms with van der Waals surface area (Å²) in [7, 11) is 0. The molecule has 1 heterocycles. The van der Waals surface area contributed by atoms with E-state index in [4.69, 9.17) is 0 Å². The minimum absolute atomic E-state index is 0.988. The van der Waals surface area contributed by atoms with Gasteiger partial charge in [-0.3, -0.25) is 4.90 Å². The largest absolute Gasteiger partial charge is 0.315 e. The van der Waals surface area contributed by atoms with Crippen LogP contribution in [0, 0.1) is 6.54 Å². The van der Waals surface area contributed by atoms with Crippen LogP contribution < -0.4 is 5.32 Å². The lowest BCUT2D eigenvalue weighted by Gasteiger charge is -2.15. The number of nitrogens with one attached hydrogen (secondary N) is 1. The van der Waals surface area contributed by atoms with Crippen molar-refractivity contribution in [3.63, 3.8) is 0 Å². The van der Waals surface area contributed by atoms with E-state index in [1.165, 1.54) is 13.0 Å². The molecule has 10 heavy (non-hydrogen) atoms. The van der Waals surface area contributed by atoms with Crippen molar-refractivity contribution in [2.24, 2.45) is 0 Å². The average molecular weight is 139 g/mol. The molecule has 2 nitrogen and oxygen atoms in total. The zero-order valence-electron chi connectivity index (χ0n) is 6.34. The predicted molar refractivity (Wildman–Crippen MR) is 43.6 cm³/mol. The zero-order valence-corrected chi connectivity index (χ0v) is 6.34. The molecule has 1 N–H and O–H groups in total. The van der Waals surface area contributed by atoms with E-state index in [1.54, 1.807) is 0 Å². The predicted octanol–water partition coefficient (Wildman–Crippen LogP) is 0.629. The molecule has 1 radical (unpaired) electrons. The summed E-state index contributed by atoms with van der Waals surface area (Å²) in [5, 5.41) is 3.30. The molecule has 0 aromatic carbocycles. The van der Waals surface area contributed by atoms with Gasteiger partial charge in [0, 0.05) is 26.2 Å². The van der Waals surface area contributed by atoms with E-state index in [2.05, 4.69) is 23.3 Å². The van der Waals surface area contributed by atoms with Crippen molar-refractivity contribution in [3.8, 4) is 0 Å². The van der Waals surface area contributed by atoms with E-state index in [0.29, 0.717) is 0 Å². The summed E-state index contributed by atoms with van der Waals surface area (Å²) in [5.41, 5.74) is 0. The van der Waals surface area contributed by atoms with Gasteiger partial charge in [-0.1, -0.05) is 6.08 Å². The van der Waals surface area contributed by atoms with Crippen LogP contribution in [0.3, 0.4) is 0 Å². The molecule has 1 fully saturated rings. The number of hydrogen-bond donors (Lipinski definition) is 1. The Hall–Kier alpha value is -0.340.